The van der Waals surface area contributed by atoms with Gasteiger partial charge in [-0.3, -0.25) is 4.90 Å². The van der Waals surface area contributed by atoms with Crippen molar-refractivity contribution in [1.82, 2.24) is 15.0 Å². The summed E-state index contributed by atoms with van der Waals surface area (Å²) in [6, 6.07) is 2.68. The minimum absolute atomic E-state index is 0.512. The van der Waals surface area contributed by atoms with Gasteiger partial charge in [-0.25, -0.2) is 9.59 Å². The van der Waals surface area contributed by atoms with Gasteiger partial charge in [0.05, 0.1) is 12.3 Å². The van der Waals surface area contributed by atoms with Gasteiger partial charge < -0.3 is 24.4 Å². The van der Waals surface area contributed by atoms with Crippen molar-refractivity contribution in [2.75, 3.05) is 39.9 Å². The fourth-order valence-electron chi connectivity index (χ4n) is 4.49. The van der Waals surface area contributed by atoms with E-state index in [2.05, 4.69) is 28.1 Å². The number of halogens is 6. The van der Waals surface area contributed by atoms with Gasteiger partial charge in [-0.2, -0.15) is 26.3 Å². The van der Waals surface area contributed by atoms with Gasteiger partial charge in [0, 0.05) is 31.8 Å². The summed E-state index contributed by atoms with van der Waals surface area (Å²) in [5.41, 5.74) is 1.58. The summed E-state index contributed by atoms with van der Waals surface area (Å²) in [4.78, 5) is 22.9. The number of aliphatic carboxylic acids is 2. The van der Waals surface area contributed by atoms with Crippen LogP contribution in [0.5, 0.6) is 0 Å². The number of alkyl halides is 6. The van der Waals surface area contributed by atoms with Crippen molar-refractivity contribution in [1.29, 1.82) is 0 Å². The topological polar surface area (TPSA) is 116 Å². The zero-order valence-electron chi connectivity index (χ0n) is 21.1. The summed E-state index contributed by atoms with van der Waals surface area (Å²) in [7, 11) is 2.28. The van der Waals surface area contributed by atoms with Crippen molar-refractivity contribution >= 4 is 11.9 Å². The van der Waals surface area contributed by atoms with Crippen LogP contribution in [0.2, 0.25) is 0 Å². The van der Waals surface area contributed by atoms with Gasteiger partial charge in [0.1, 0.15) is 5.76 Å². The van der Waals surface area contributed by atoms with Crippen molar-refractivity contribution in [2.24, 2.45) is 11.3 Å². The third-order valence-electron chi connectivity index (χ3n) is 6.70. The summed E-state index contributed by atoms with van der Waals surface area (Å²) in [5, 5.41) is 18.4. The van der Waals surface area contributed by atoms with Crippen LogP contribution in [-0.4, -0.2) is 95.4 Å². The molecule has 0 radical (unpaired) electrons. The van der Waals surface area contributed by atoms with Gasteiger partial charge in [-0.05, 0) is 70.5 Å². The second-order valence-electron chi connectivity index (χ2n) is 10.1. The second kappa shape index (κ2) is 13.1. The molecule has 0 aromatic carbocycles. The van der Waals surface area contributed by atoms with Gasteiger partial charge >= 0.3 is 24.3 Å². The number of rotatable bonds is 6. The Morgan fingerprint density at radius 1 is 1.08 bits per heavy atom. The van der Waals surface area contributed by atoms with Gasteiger partial charge in [-0.15, -0.1) is 0 Å². The Labute approximate surface area is 215 Å². The number of carbonyl (C=O) groups is 2. The van der Waals surface area contributed by atoms with Crippen LogP contribution >= 0.6 is 0 Å². The number of piperidine rings is 1. The largest absolute Gasteiger partial charge is 0.490 e. The van der Waals surface area contributed by atoms with E-state index in [-0.39, 0.29) is 0 Å². The first-order chi connectivity index (χ1) is 17.5. The Kier molecular flexibility index (Phi) is 11.0. The van der Waals surface area contributed by atoms with E-state index in [1.165, 1.54) is 51.7 Å². The monoisotopic (exact) mass is 561 g/mol. The highest BCUT2D eigenvalue weighted by Crippen LogP contribution is 2.43. The minimum Gasteiger partial charge on any atom is -0.475 e. The highest BCUT2D eigenvalue weighted by atomic mass is 19.4. The molecule has 1 unspecified atom stereocenters. The average molecular weight is 562 g/mol. The molecule has 9 nitrogen and oxygen atoms in total. The normalized spacial score (nSPS) is 21.8. The number of ether oxygens (including phenoxy) is 1. The van der Waals surface area contributed by atoms with Gasteiger partial charge in [0.25, 0.3) is 0 Å². The van der Waals surface area contributed by atoms with Crippen LogP contribution < -0.4 is 0 Å². The Bertz CT molecular complexity index is 886. The molecule has 2 N–H and O–H groups in total. The number of likely N-dealkylation sites (N-methyl/N-ethyl adjacent to an activating group) is 1. The molecule has 1 spiro atoms. The lowest BCUT2D eigenvalue weighted by atomic mass is 9.76. The van der Waals surface area contributed by atoms with Crippen LogP contribution in [0.3, 0.4) is 0 Å². The molecule has 1 atom stereocenters. The molecule has 4 rings (SSSR count). The molecule has 0 amide bonds. The SMILES string of the molecule is Cc1cc(CN2CCC3(CC2)CC(COCC2CC2)N(C)C3)no1.O=C(O)C(F)(F)F.O=C(O)C(F)(F)F. The first-order valence-corrected chi connectivity index (χ1v) is 12.0. The molecule has 1 saturated carbocycles. The highest BCUT2D eigenvalue weighted by Gasteiger charge is 2.44. The number of carboxylic acid groups (broad SMARTS) is 2. The minimum atomic E-state index is -5.08. The van der Waals surface area contributed by atoms with E-state index < -0.39 is 24.3 Å². The summed E-state index contributed by atoms with van der Waals surface area (Å²) < 4.78 is 74.6. The van der Waals surface area contributed by atoms with Crippen molar-refractivity contribution in [3.8, 4) is 0 Å². The maximum Gasteiger partial charge on any atom is 0.490 e. The van der Waals surface area contributed by atoms with Crippen molar-refractivity contribution in [3.05, 3.63) is 17.5 Å². The molecule has 2 saturated heterocycles. The molecule has 3 heterocycles. The fourth-order valence-corrected chi connectivity index (χ4v) is 4.49. The summed E-state index contributed by atoms with van der Waals surface area (Å²) in [6.07, 6.45) is -3.50. The quantitative estimate of drug-likeness (QED) is 0.498. The zero-order valence-corrected chi connectivity index (χ0v) is 21.1. The molecule has 2 aliphatic heterocycles. The molecule has 1 aromatic heterocycles. The van der Waals surface area contributed by atoms with E-state index in [0.29, 0.717) is 11.5 Å². The molecular formula is C23H33F6N3O6. The van der Waals surface area contributed by atoms with Gasteiger partial charge in [-0.1, -0.05) is 5.16 Å². The van der Waals surface area contributed by atoms with Crippen LogP contribution in [-0.2, 0) is 20.9 Å². The Balaban J connectivity index is 0.000000301. The summed E-state index contributed by atoms with van der Waals surface area (Å²) in [5.74, 6) is -3.74. The van der Waals surface area contributed by atoms with Crippen LogP contribution in [0, 0.1) is 18.3 Å². The van der Waals surface area contributed by atoms with E-state index in [1.807, 2.05) is 6.92 Å². The van der Waals surface area contributed by atoms with Crippen molar-refractivity contribution in [2.45, 2.75) is 64.0 Å². The molecule has 0 bridgehead atoms. The predicted octanol–water partition coefficient (Wildman–Crippen LogP) is 3.96. The van der Waals surface area contributed by atoms with E-state index in [1.54, 1.807) is 0 Å². The predicted molar refractivity (Wildman–Crippen MR) is 120 cm³/mol. The number of aryl methyl sites for hydroxylation is 1. The third kappa shape index (κ3) is 10.8. The molecule has 15 heteroatoms. The highest BCUT2D eigenvalue weighted by molar-refractivity contribution is 5.73. The van der Waals surface area contributed by atoms with Crippen molar-refractivity contribution < 1.29 is 55.4 Å². The molecule has 1 aliphatic carbocycles. The second-order valence-corrected chi connectivity index (χ2v) is 10.1. The molecule has 218 valence electrons. The average Bonchev–Trinajstić information content (AvgIpc) is 3.45. The lowest BCUT2D eigenvalue weighted by molar-refractivity contribution is -0.193. The molecular weight excluding hydrogens is 528 g/mol. The fraction of sp³-hybridized carbons (Fsp3) is 0.783. The number of carboxylic acids is 2. The lowest BCUT2D eigenvalue weighted by Crippen LogP contribution is -2.40. The van der Waals surface area contributed by atoms with Crippen LogP contribution in [0.1, 0.15) is 43.6 Å². The van der Waals surface area contributed by atoms with E-state index in [9.17, 15) is 26.3 Å². The Morgan fingerprint density at radius 2 is 1.61 bits per heavy atom. The van der Waals surface area contributed by atoms with Crippen LogP contribution in [0.25, 0.3) is 0 Å². The first-order valence-electron chi connectivity index (χ1n) is 12.0. The molecule has 1 aromatic rings. The number of nitrogens with zero attached hydrogens (tertiary/aromatic N) is 3. The number of hydrogen-bond donors (Lipinski definition) is 2. The standard InChI is InChI=1S/C19H31N3O2.2C2HF3O2/c1-15-9-17(20-24-15)11-22-7-5-19(6-8-22)10-18(21(2)14-19)13-23-12-16-3-4-16;2*3-2(4,5)1(6)7/h9,16,18H,3-8,10-14H2,1-2H3;2*(H,6,7). The van der Waals surface area contributed by atoms with Crippen molar-refractivity contribution in [3.63, 3.8) is 0 Å². The summed E-state index contributed by atoms with van der Waals surface area (Å²) >= 11 is 0. The lowest BCUT2D eigenvalue weighted by Gasteiger charge is -2.39. The third-order valence-corrected chi connectivity index (χ3v) is 6.70. The van der Waals surface area contributed by atoms with Crippen LogP contribution in [0.15, 0.2) is 10.6 Å². The Morgan fingerprint density at radius 3 is 2.03 bits per heavy atom. The number of hydrogen-bond acceptors (Lipinski definition) is 7. The van der Waals surface area contributed by atoms with Gasteiger partial charge in [0.2, 0.25) is 0 Å². The zero-order chi connectivity index (χ0) is 28.7. The van der Waals surface area contributed by atoms with E-state index >= 15 is 0 Å². The Hall–Kier alpha value is -2.39. The van der Waals surface area contributed by atoms with E-state index in [0.717, 1.165) is 37.1 Å². The maximum absolute atomic E-state index is 10.6. The summed E-state index contributed by atoms with van der Waals surface area (Å²) in [6.45, 7) is 8.39. The first kappa shape index (κ1) is 31.8. The van der Waals surface area contributed by atoms with Crippen LogP contribution in [0.4, 0.5) is 26.3 Å². The molecule has 38 heavy (non-hydrogen) atoms. The molecule has 3 aliphatic rings. The molecule has 3 fully saturated rings. The smallest absolute Gasteiger partial charge is 0.475 e. The number of aromatic nitrogens is 1. The van der Waals surface area contributed by atoms with E-state index in [4.69, 9.17) is 29.1 Å². The number of likely N-dealkylation sites (tertiary alicyclic amines) is 2. The maximum atomic E-state index is 10.6. The van der Waals surface area contributed by atoms with Gasteiger partial charge in [0.15, 0.2) is 0 Å².